The Hall–Kier alpha value is -1.62. The number of carbonyl (C=O) groups is 1. The number of alkyl halides is 1. The molecule has 0 saturated carbocycles. The van der Waals surface area contributed by atoms with Gasteiger partial charge >= 0.3 is 6.09 Å². The second-order valence-corrected chi connectivity index (χ2v) is 8.56. The van der Waals surface area contributed by atoms with Crippen LogP contribution in [0.4, 0.5) is 9.18 Å². The zero-order valence-corrected chi connectivity index (χ0v) is 17.4. The molecule has 0 spiro atoms. The van der Waals surface area contributed by atoms with E-state index < -0.39 is 6.67 Å². The van der Waals surface area contributed by atoms with Gasteiger partial charge in [-0.1, -0.05) is 44.5 Å². The van der Waals surface area contributed by atoms with Crippen molar-refractivity contribution in [2.75, 3.05) is 32.9 Å². The molecule has 0 bridgehead atoms. The highest BCUT2D eigenvalue weighted by atomic mass is 19.1. The van der Waals surface area contributed by atoms with Crippen molar-refractivity contribution in [3.8, 4) is 0 Å². The highest BCUT2D eigenvalue weighted by Crippen LogP contribution is 2.32. The summed E-state index contributed by atoms with van der Waals surface area (Å²) >= 11 is 0. The second-order valence-electron chi connectivity index (χ2n) is 8.56. The Morgan fingerprint density at radius 2 is 1.82 bits per heavy atom. The van der Waals surface area contributed by atoms with Gasteiger partial charge in [-0.25, -0.2) is 9.18 Å². The molecule has 1 aromatic rings. The maximum absolute atomic E-state index is 12.2. The zero-order valence-electron chi connectivity index (χ0n) is 17.4. The van der Waals surface area contributed by atoms with Crippen molar-refractivity contribution in [3.05, 3.63) is 35.4 Å². The topological polar surface area (TPSA) is 32.8 Å². The number of nitrogens with zero attached hydrogens (tertiary/aromatic N) is 2. The van der Waals surface area contributed by atoms with Crippen molar-refractivity contribution >= 4 is 6.09 Å². The van der Waals surface area contributed by atoms with E-state index in [1.807, 2.05) is 0 Å². The summed E-state index contributed by atoms with van der Waals surface area (Å²) in [6, 6.07) is 9.69. The Morgan fingerprint density at radius 1 is 1.11 bits per heavy atom. The normalized spacial score (nSPS) is 21.9. The van der Waals surface area contributed by atoms with Crippen molar-refractivity contribution in [1.29, 1.82) is 0 Å². The van der Waals surface area contributed by atoms with E-state index in [0.717, 1.165) is 39.0 Å². The lowest BCUT2D eigenvalue weighted by Gasteiger charge is -2.43. The van der Waals surface area contributed by atoms with Crippen LogP contribution in [0, 0.1) is 5.92 Å². The molecule has 0 aromatic heterocycles. The molecule has 156 valence electrons. The molecule has 1 unspecified atom stereocenters. The maximum Gasteiger partial charge on any atom is 0.409 e. The molecule has 2 aliphatic heterocycles. The molecule has 3 rings (SSSR count). The molecule has 2 saturated heterocycles. The van der Waals surface area contributed by atoms with Gasteiger partial charge in [-0.05, 0) is 55.2 Å². The monoisotopic (exact) mass is 390 g/mol. The Morgan fingerprint density at radius 3 is 2.46 bits per heavy atom. The van der Waals surface area contributed by atoms with Crippen LogP contribution in [0.15, 0.2) is 24.3 Å². The van der Waals surface area contributed by atoms with E-state index in [2.05, 4.69) is 43.0 Å². The number of hydrogen-bond donors (Lipinski definition) is 0. The first kappa shape index (κ1) is 21.1. The third kappa shape index (κ3) is 5.47. The number of benzene rings is 1. The third-order valence-corrected chi connectivity index (χ3v) is 6.34. The second kappa shape index (κ2) is 10.2. The molecule has 0 N–H and O–H groups in total. The minimum absolute atomic E-state index is 0.134. The molecule has 1 atom stereocenters. The van der Waals surface area contributed by atoms with Gasteiger partial charge in [0.2, 0.25) is 0 Å². The summed E-state index contributed by atoms with van der Waals surface area (Å²) < 4.78 is 17.1. The molecule has 28 heavy (non-hydrogen) atoms. The SMILES string of the molecule is CC(C)c1ccc(CN2CCCCC2C2CCN(C(=O)OCCF)CC2)cc1. The number of piperidine rings is 2. The van der Waals surface area contributed by atoms with E-state index in [1.54, 1.807) is 4.90 Å². The van der Waals surface area contributed by atoms with Crippen molar-refractivity contribution in [3.63, 3.8) is 0 Å². The van der Waals surface area contributed by atoms with Gasteiger partial charge in [0, 0.05) is 25.7 Å². The molecule has 0 aliphatic carbocycles. The summed E-state index contributed by atoms with van der Waals surface area (Å²) in [7, 11) is 0. The summed E-state index contributed by atoms with van der Waals surface area (Å²) in [5.74, 6) is 1.19. The fraction of sp³-hybridized carbons (Fsp3) is 0.696. The molecule has 5 heteroatoms. The van der Waals surface area contributed by atoms with Crippen LogP contribution in [0.5, 0.6) is 0 Å². The van der Waals surface area contributed by atoms with Gasteiger partial charge in [-0.15, -0.1) is 0 Å². The summed E-state index contributed by atoms with van der Waals surface area (Å²) in [5, 5.41) is 0. The fourth-order valence-electron chi connectivity index (χ4n) is 4.67. The lowest BCUT2D eigenvalue weighted by molar-refractivity contribution is 0.0448. The third-order valence-electron chi connectivity index (χ3n) is 6.34. The van der Waals surface area contributed by atoms with Crippen molar-refractivity contribution in [2.24, 2.45) is 5.92 Å². The minimum Gasteiger partial charge on any atom is -0.447 e. The molecular formula is C23H35FN2O2. The van der Waals surface area contributed by atoms with Crippen LogP contribution >= 0.6 is 0 Å². The average molecular weight is 391 g/mol. The number of carbonyl (C=O) groups excluding carboxylic acids is 1. The van der Waals surface area contributed by atoms with Gasteiger partial charge < -0.3 is 9.64 Å². The van der Waals surface area contributed by atoms with Gasteiger partial charge in [-0.2, -0.15) is 0 Å². The summed E-state index contributed by atoms with van der Waals surface area (Å²) in [6.07, 6.45) is 5.49. The highest BCUT2D eigenvalue weighted by molar-refractivity contribution is 5.67. The van der Waals surface area contributed by atoms with E-state index in [0.29, 0.717) is 17.9 Å². The lowest BCUT2D eigenvalue weighted by Crippen LogP contribution is -2.48. The smallest absolute Gasteiger partial charge is 0.409 e. The van der Waals surface area contributed by atoms with Crippen molar-refractivity contribution in [1.82, 2.24) is 9.80 Å². The molecule has 2 heterocycles. The summed E-state index contributed by atoms with van der Waals surface area (Å²) in [4.78, 5) is 16.3. The largest absolute Gasteiger partial charge is 0.447 e. The van der Waals surface area contributed by atoms with Crippen LogP contribution in [-0.4, -0.2) is 54.9 Å². The van der Waals surface area contributed by atoms with Crippen LogP contribution in [0.2, 0.25) is 0 Å². The number of likely N-dealkylation sites (tertiary alicyclic amines) is 2. The molecule has 2 aliphatic rings. The van der Waals surface area contributed by atoms with E-state index in [4.69, 9.17) is 4.74 Å². The highest BCUT2D eigenvalue weighted by Gasteiger charge is 2.33. The minimum atomic E-state index is -0.614. The zero-order chi connectivity index (χ0) is 19.9. The van der Waals surface area contributed by atoms with Crippen LogP contribution < -0.4 is 0 Å². The molecule has 4 nitrogen and oxygen atoms in total. The van der Waals surface area contributed by atoms with E-state index >= 15 is 0 Å². The number of hydrogen-bond acceptors (Lipinski definition) is 3. The van der Waals surface area contributed by atoms with Gasteiger partial charge in [0.1, 0.15) is 13.3 Å². The van der Waals surface area contributed by atoms with Crippen molar-refractivity contribution < 1.29 is 13.9 Å². The van der Waals surface area contributed by atoms with Crippen LogP contribution in [0.1, 0.15) is 63.0 Å². The predicted octanol–water partition coefficient (Wildman–Crippen LogP) is 4.98. The van der Waals surface area contributed by atoms with Crippen LogP contribution in [0.3, 0.4) is 0 Å². The van der Waals surface area contributed by atoms with Crippen LogP contribution in [-0.2, 0) is 11.3 Å². The first-order chi connectivity index (χ1) is 13.6. The standard InChI is InChI=1S/C23H35FN2O2/c1-18(2)20-8-6-19(7-9-20)17-26-13-4-3-5-22(26)21-10-14-25(15-11-21)23(27)28-16-12-24/h6-9,18,21-22H,3-5,10-17H2,1-2H3. The molecule has 2 fully saturated rings. The number of ether oxygens (including phenoxy) is 1. The van der Waals surface area contributed by atoms with Gasteiger partial charge in [-0.3, -0.25) is 4.90 Å². The van der Waals surface area contributed by atoms with Gasteiger partial charge in [0.25, 0.3) is 0 Å². The van der Waals surface area contributed by atoms with Gasteiger partial charge in [0.05, 0.1) is 0 Å². The van der Waals surface area contributed by atoms with Crippen LogP contribution in [0.25, 0.3) is 0 Å². The lowest BCUT2D eigenvalue weighted by atomic mass is 9.83. The summed E-state index contributed by atoms with van der Waals surface area (Å²) in [6.45, 7) is 7.34. The van der Waals surface area contributed by atoms with E-state index in [-0.39, 0.29) is 12.7 Å². The number of amides is 1. The molecular weight excluding hydrogens is 355 g/mol. The average Bonchev–Trinajstić information content (AvgIpc) is 2.73. The first-order valence-electron chi connectivity index (χ1n) is 10.9. The Balaban J connectivity index is 1.55. The van der Waals surface area contributed by atoms with Crippen molar-refractivity contribution in [2.45, 2.75) is 64.5 Å². The first-order valence-corrected chi connectivity index (χ1v) is 10.9. The van der Waals surface area contributed by atoms with E-state index in [9.17, 15) is 9.18 Å². The Kier molecular flexibility index (Phi) is 7.72. The Bertz CT molecular complexity index is 612. The van der Waals surface area contributed by atoms with E-state index in [1.165, 1.54) is 30.4 Å². The fourth-order valence-corrected chi connectivity index (χ4v) is 4.67. The number of rotatable bonds is 6. The number of halogens is 1. The molecule has 1 aromatic carbocycles. The summed E-state index contributed by atoms with van der Waals surface area (Å²) in [5.41, 5.74) is 2.79. The quantitative estimate of drug-likeness (QED) is 0.686. The molecule has 1 amide bonds. The van der Waals surface area contributed by atoms with Gasteiger partial charge in [0.15, 0.2) is 0 Å². The predicted molar refractivity (Wildman–Crippen MR) is 110 cm³/mol. The Labute approximate surface area is 169 Å². The molecule has 0 radical (unpaired) electrons. The maximum atomic E-state index is 12.2.